The van der Waals surface area contributed by atoms with Crippen LogP contribution in [0.1, 0.15) is 18.4 Å². The molecule has 1 N–H and O–H groups in total. The maximum atomic E-state index is 5.56. The molecule has 0 unspecified atom stereocenters. The van der Waals surface area contributed by atoms with E-state index in [1.165, 1.54) is 18.4 Å². The monoisotopic (exact) mass is 281 g/mol. The second-order valence-corrected chi connectivity index (χ2v) is 5.23. The Morgan fingerprint density at radius 3 is 3.00 bits per heavy atom. The van der Waals surface area contributed by atoms with Crippen molar-refractivity contribution in [1.29, 1.82) is 0 Å². The zero-order valence-electron chi connectivity index (χ0n) is 9.21. The van der Waals surface area contributed by atoms with Gasteiger partial charge in [0.15, 0.2) is 0 Å². The van der Waals surface area contributed by atoms with Gasteiger partial charge in [-0.25, -0.2) is 0 Å². The molecule has 0 heterocycles. The smallest absolute Gasteiger partial charge is 0.120 e. The third-order valence-electron chi connectivity index (χ3n) is 2.47. The van der Waals surface area contributed by atoms with Crippen LogP contribution in [0.2, 0.25) is 0 Å². The lowest BCUT2D eigenvalue weighted by atomic mass is 10.2. The summed E-state index contributed by atoms with van der Waals surface area (Å²) in [7, 11) is 0. The molecule has 0 amide bonds. The minimum atomic E-state index is 0.513. The van der Waals surface area contributed by atoms with Crippen molar-refractivity contribution in [3.05, 3.63) is 40.9 Å². The average molecular weight is 282 g/mol. The molecule has 0 aliphatic heterocycles. The van der Waals surface area contributed by atoms with Crippen LogP contribution in [0.5, 0.6) is 5.75 Å². The van der Waals surface area contributed by atoms with Crippen LogP contribution in [0.4, 0.5) is 0 Å². The number of benzene rings is 1. The molecule has 0 aromatic heterocycles. The highest BCUT2D eigenvalue weighted by Crippen LogP contribution is 2.20. The molecule has 2 rings (SSSR count). The molecule has 0 radical (unpaired) electrons. The van der Waals surface area contributed by atoms with E-state index in [0.29, 0.717) is 6.61 Å². The van der Waals surface area contributed by atoms with Crippen molar-refractivity contribution in [2.75, 3.05) is 6.61 Å². The van der Waals surface area contributed by atoms with Gasteiger partial charge in [-0.3, -0.25) is 0 Å². The lowest BCUT2D eigenvalue weighted by Gasteiger charge is -2.07. The largest absolute Gasteiger partial charge is 0.488 e. The van der Waals surface area contributed by atoms with Gasteiger partial charge in [-0.05, 0) is 30.5 Å². The molecule has 1 saturated carbocycles. The Bertz CT molecular complexity index is 374. The van der Waals surface area contributed by atoms with Gasteiger partial charge < -0.3 is 10.1 Å². The Hall–Kier alpha value is -0.800. The van der Waals surface area contributed by atoms with E-state index in [9.17, 15) is 0 Å². The standard InChI is InChI=1S/C13H16BrNO/c1-10(14)9-16-13-4-2-3-11(7-13)8-15-12-5-6-12/h2-4,7,12,15H,1,5-6,8-9H2. The zero-order valence-corrected chi connectivity index (χ0v) is 10.8. The fourth-order valence-corrected chi connectivity index (χ4v) is 1.57. The fourth-order valence-electron chi connectivity index (χ4n) is 1.46. The third kappa shape index (κ3) is 3.99. The average Bonchev–Trinajstić information content (AvgIpc) is 3.08. The van der Waals surface area contributed by atoms with Gasteiger partial charge in [0, 0.05) is 17.1 Å². The summed E-state index contributed by atoms with van der Waals surface area (Å²) in [6.07, 6.45) is 2.64. The van der Waals surface area contributed by atoms with Crippen molar-refractivity contribution >= 4 is 15.9 Å². The van der Waals surface area contributed by atoms with E-state index in [0.717, 1.165) is 22.8 Å². The predicted molar refractivity (Wildman–Crippen MR) is 69.9 cm³/mol. The van der Waals surface area contributed by atoms with Crippen molar-refractivity contribution < 1.29 is 4.74 Å². The van der Waals surface area contributed by atoms with Crippen LogP contribution in [0.15, 0.2) is 35.3 Å². The SMILES string of the molecule is C=C(Br)COc1cccc(CNC2CC2)c1. The minimum absolute atomic E-state index is 0.513. The zero-order chi connectivity index (χ0) is 11.4. The second kappa shape index (κ2) is 5.51. The van der Waals surface area contributed by atoms with Crippen LogP contribution in [0, 0.1) is 0 Å². The van der Waals surface area contributed by atoms with Gasteiger partial charge in [0.1, 0.15) is 12.4 Å². The van der Waals surface area contributed by atoms with Gasteiger partial charge in [0.2, 0.25) is 0 Å². The Morgan fingerprint density at radius 2 is 2.31 bits per heavy atom. The Kier molecular flexibility index (Phi) is 4.02. The first kappa shape index (κ1) is 11.7. The maximum Gasteiger partial charge on any atom is 0.120 e. The summed E-state index contributed by atoms with van der Waals surface area (Å²) >= 11 is 3.28. The van der Waals surface area contributed by atoms with Gasteiger partial charge in [0.05, 0.1) is 0 Å². The Balaban J connectivity index is 1.87. The number of ether oxygens (including phenoxy) is 1. The van der Waals surface area contributed by atoms with Crippen LogP contribution in [-0.4, -0.2) is 12.6 Å². The van der Waals surface area contributed by atoms with Crippen molar-refractivity contribution in [2.45, 2.75) is 25.4 Å². The molecule has 0 bridgehead atoms. The predicted octanol–water partition coefficient (Wildman–Crippen LogP) is 3.23. The summed E-state index contributed by atoms with van der Waals surface area (Å²) in [5, 5.41) is 3.48. The molecular formula is C13H16BrNO. The highest BCUT2D eigenvalue weighted by atomic mass is 79.9. The van der Waals surface area contributed by atoms with E-state index in [2.05, 4.69) is 40.0 Å². The molecule has 16 heavy (non-hydrogen) atoms. The molecule has 2 nitrogen and oxygen atoms in total. The topological polar surface area (TPSA) is 21.3 Å². The van der Waals surface area contributed by atoms with Gasteiger partial charge >= 0.3 is 0 Å². The van der Waals surface area contributed by atoms with E-state index in [4.69, 9.17) is 4.74 Å². The summed E-state index contributed by atoms with van der Waals surface area (Å²) in [6.45, 7) is 5.18. The molecule has 3 heteroatoms. The maximum absolute atomic E-state index is 5.56. The second-order valence-electron chi connectivity index (χ2n) is 4.11. The van der Waals surface area contributed by atoms with E-state index >= 15 is 0 Å². The van der Waals surface area contributed by atoms with Crippen LogP contribution in [0.3, 0.4) is 0 Å². The Labute approximate surface area is 105 Å². The van der Waals surface area contributed by atoms with Crippen LogP contribution in [0.25, 0.3) is 0 Å². The molecule has 0 spiro atoms. The van der Waals surface area contributed by atoms with Gasteiger partial charge in [-0.15, -0.1) is 0 Å². The molecule has 1 aliphatic carbocycles. The number of rotatable bonds is 6. The van der Waals surface area contributed by atoms with E-state index in [1.54, 1.807) is 0 Å². The van der Waals surface area contributed by atoms with Crippen LogP contribution in [-0.2, 0) is 6.54 Å². The molecule has 0 saturated heterocycles. The van der Waals surface area contributed by atoms with Crippen molar-refractivity contribution in [3.8, 4) is 5.75 Å². The lowest BCUT2D eigenvalue weighted by molar-refractivity contribution is 0.360. The lowest BCUT2D eigenvalue weighted by Crippen LogP contribution is -2.15. The van der Waals surface area contributed by atoms with E-state index in [-0.39, 0.29) is 0 Å². The highest BCUT2D eigenvalue weighted by Gasteiger charge is 2.19. The number of hydrogen-bond acceptors (Lipinski definition) is 2. The molecule has 1 aliphatic rings. The first-order chi connectivity index (χ1) is 7.74. The minimum Gasteiger partial charge on any atom is -0.488 e. The van der Waals surface area contributed by atoms with E-state index in [1.807, 2.05) is 12.1 Å². The third-order valence-corrected chi connectivity index (χ3v) is 2.70. The van der Waals surface area contributed by atoms with Gasteiger partial charge in [-0.1, -0.05) is 34.6 Å². The summed E-state index contributed by atoms with van der Waals surface area (Å²) < 4.78 is 6.41. The molecule has 0 atom stereocenters. The first-order valence-corrected chi connectivity index (χ1v) is 6.32. The number of hydrogen-bond donors (Lipinski definition) is 1. The van der Waals surface area contributed by atoms with Crippen molar-refractivity contribution in [1.82, 2.24) is 5.32 Å². The molecule has 86 valence electrons. The molecule has 1 aromatic rings. The molecule has 1 aromatic carbocycles. The number of halogens is 1. The van der Waals surface area contributed by atoms with Gasteiger partial charge in [0.25, 0.3) is 0 Å². The Morgan fingerprint density at radius 1 is 1.50 bits per heavy atom. The quantitative estimate of drug-likeness (QED) is 0.865. The van der Waals surface area contributed by atoms with Gasteiger partial charge in [-0.2, -0.15) is 0 Å². The van der Waals surface area contributed by atoms with Crippen molar-refractivity contribution in [2.24, 2.45) is 0 Å². The highest BCUT2D eigenvalue weighted by molar-refractivity contribution is 9.11. The fraction of sp³-hybridized carbons (Fsp3) is 0.385. The summed E-state index contributed by atoms with van der Waals surface area (Å²) in [5.74, 6) is 0.899. The molecule has 1 fully saturated rings. The summed E-state index contributed by atoms with van der Waals surface area (Å²) in [5.41, 5.74) is 1.27. The van der Waals surface area contributed by atoms with Crippen LogP contribution >= 0.6 is 15.9 Å². The van der Waals surface area contributed by atoms with E-state index < -0.39 is 0 Å². The van der Waals surface area contributed by atoms with Crippen LogP contribution < -0.4 is 10.1 Å². The normalized spacial score (nSPS) is 14.8. The number of nitrogens with one attached hydrogen (secondary N) is 1. The first-order valence-electron chi connectivity index (χ1n) is 5.52. The summed E-state index contributed by atoms with van der Waals surface area (Å²) in [6, 6.07) is 8.93. The molecular weight excluding hydrogens is 266 g/mol. The van der Waals surface area contributed by atoms with Crippen molar-refractivity contribution in [3.63, 3.8) is 0 Å². The summed E-state index contributed by atoms with van der Waals surface area (Å²) in [4.78, 5) is 0.